The highest BCUT2D eigenvalue weighted by Gasteiger charge is 2.25. The normalized spacial score (nSPS) is 13.8. The largest absolute Gasteiger partial charge is 0.365 e. The Kier molecular flexibility index (Phi) is 6.19. The number of amides is 2. The fourth-order valence-electron chi connectivity index (χ4n) is 4.38. The number of fused-ring (bicyclic) bond motifs is 2. The van der Waals surface area contributed by atoms with E-state index in [1.807, 2.05) is 36.4 Å². The molecule has 0 atom stereocenters. The Balaban J connectivity index is 1.57. The summed E-state index contributed by atoms with van der Waals surface area (Å²) in [4.78, 5) is 32.7. The van der Waals surface area contributed by atoms with E-state index in [0.717, 1.165) is 58.3 Å². The molecule has 3 aromatic heterocycles. The Bertz CT molecular complexity index is 1380. The molecule has 168 valence electrons. The number of benzene rings is 1. The number of nitrogens with zero attached hydrogens (tertiary/aromatic N) is 1. The highest BCUT2D eigenvalue weighted by molar-refractivity contribution is 7.19. The number of hydrogen-bond acceptors (Lipinski definition) is 5. The van der Waals surface area contributed by atoms with Crippen LogP contribution in [-0.2, 0) is 12.8 Å². The molecule has 0 radical (unpaired) electrons. The number of thiophene rings is 2. The number of anilines is 1. The van der Waals surface area contributed by atoms with Gasteiger partial charge in [0.2, 0.25) is 0 Å². The SMILES string of the molecule is NC(=O)c1c(NC(=O)c2cc(-c3ccc(Cl)s3)nc3ccccc23)sc2c1CCCCCC2. The maximum absolute atomic E-state index is 13.5. The van der Waals surface area contributed by atoms with Crippen molar-refractivity contribution in [1.29, 1.82) is 0 Å². The number of pyridine rings is 1. The zero-order valence-electron chi connectivity index (χ0n) is 17.8. The number of hydrogen-bond donors (Lipinski definition) is 2. The molecule has 0 saturated heterocycles. The van der Waals surface area contributed by atoms with Gasteiger partial charge in [-0.25, -0.2) is 4.98 Å². The summed E-state index contributed by atoms with van der Waals surface area (Å²) in [5.41, 5.74) is 9.15. The smallest absolute Gasteiger partial charge is 0.257 e. The van der Waals surface area contributed by atoms with Crippen molar-refractivity contribution in [3.05, 3.63) is 68.4 Å². The molecule has 5 nitrogen and oxygen atoms in total. The second-order valence-corrected chi connectivity index (χ2v) is 10.9. The summed E-state index contributed by atoms with van der Waals surface area (Å²) in [5.74, 6) is -0.772. The number of carbonyl (C=O) groups excluding carboxylic acids is 2. The Hall–Kier alpha value is -2.74. The quantitative estimate of drug-likeness (QED) is 0.330. The molecule has 3 heterocycles. The number of primary amides is 1. The molecule has 0 bridgehead atoms. The van der Waals surface area contributed by atoms with Crippen LogP contribution in [0.15, 0.2) is 42.5 Å². The lowest BCUT2D eigenvalue weighted by atomic mass is 9.96. The van der Waals surface area contributed by atoms with Crippen molar-refractivity contribution >= 4 is 62.0 Å². The lowest BCUT2D eigenvalue weighted by Crippen LogP contribution is -2.18. The molecule has 1 aliphatic rings. The topological polar surface area (TPSA) is 85.1 Å². The van der Waals surface area contributed by atoms with Crippen molar-refractivity contribution in [2.75, 3.05) is 5.32 Å². The molecule has 5 rings (SSSR count). The predicted octanol–water partition coefficient (Wildman–Crippen LogP) is 6.69. The van der Waals surface area contributed by atoms with Gasteiger partial charge < -0.3 is 11.1 Å². The fraction of sp³-hybridized carbons (Fsp3) is 0.240. The van der Waals surface area contributed by atoms with Crippen LogP contribution in [-0.4, -0.2) is 16.8 Å². The average Bonchev–Trinajstić information content (AvgIpc) is 3.36. The van der Waals surface area contributed by atoms with Crippen LogP contribution < -0.4 is 11.1 Å². The maximum atomic E-state index is 13.5. The van der Waals surface area contributed by atoms with Gasteiger partial charge in [0.1, 0.15) is 5.00 Å². The van der Waals surface area contributed by atoms with E-state index in [-0.39, 0.29) is 5.91 Å². The lowest BCUT2D eigenvalue weighted by Gasteiger charge is -2.11. The molecule has 0 unspecified atom stereocenters. The Morgan fingerprint density at radius 3 is 2.55 bits per heavy atom. The molecule has 3 N–H and O–H groups in total. The molecular weight excluding hydrogens is 474 g/mol. The van der Waals surface area contributed by atoms with Crippen LogP contribution in [0.2, 0.25) is 4.34 Å². The highest BCUT2D eigenvalue weighted by atomic mass is 35.5. The number of aryl methyl sites for hydroxylation is 1. The summed E-state index contributed by atoms with van der Waals surface area (Å²) in [5, 5.41) is 4.30. The van der Waals surface area contributed by atoms with Gasteiger partial charge in [0.05, 0.1) is 31.6 Å². The summed E-state index contributed by atoms with van der Waals surface area (Å²) in [6.45, 7) is 0. The number of para-hydroxylation sites is 1. The third-order valence-electron chi connectivity index (χ3n) is 5.93. The van der Waals surface area contributed by atoms with Crippen molar-refractivity contribution < 1.29 is 9.59 Å². The summed E-state index contributed by atoms with van der Waals surface area (Å²) in [6.07, 6.45) is 6.18. The van der Waals surface area contributed by atoms with Crippen molar-refractivity contribution in [3.8, 4) is 10.6 Å². The molecule has 33 heavy (non-hydrogen) atoms. The van der Waals surface area contributed by atoms with Gasteiger partial charge in [-0.2, -0.15) is 0 Å². The minimum absolute atomic E-state index is 0.283. The first-order valence-corrected chi connectivity index (χ1v) is 12.9. The second kappa shape index (κ2) is 9.25. The zero-order chi connectivity index (χ0) is 22.9. The number of aromatic nitrogens is 1. The Labute approximate surface area is 204 Å². The molecule has 1 aliphatic carbocycles. The van der Waals surface area contributed by atoms with Crippen LogP contribution in [0, 0.1) is 0 Å². The molecule has 8 heteroatoms. The van der Waals surface area contributed by atoms with Gasteiger partial charge in [0.15, 0.2) is 0 Å². The fourth-order valence-corrected chi connectivity index (χ4v) is 6.67. The number of nitrogens with one attached hydrogen (secondary N) is 1. The monoisotopic (exact) mass is 495 g/mol. The first-order valence-electron chi connectivity index (χ1n) is 10.9. The Morgan fingerprint density at radius 2 is 1.79 bits per heavy atom. The van der Waals surface area contributed by atoms with Crippen molar-refractivity contribution in [2.24, 2.45) is 5.73 Å². The lowest BCUT2D eigenvalue weighted by molar-refractivity contribution is 0.100. The minimum Gasteiger partial charge on any atom is -0.365 e. The third-order valence-corrected chi connectivity index (χ3v) is 8.39. The minimum atomic E-state index is -0.489. The van der Waals surface area contributed by atoms with Crippen molar-refractivity contribution in [3.63, 3.8) is 0 Å². The van der Waals surface area contributed by atoms with E-state index in [2.05, 4.69) is 5.32 Å². The van der Waals surface area contributed by atoms with Crippen LogP contribution in [0.3, 0.4) is 0 Å². The van der Waals surface area contributed by atoms with Crippen LogP contribution in [0.5, 0.6) is 0 Å². The van der Waals surface area contributed by atoms with E-state index < -0.39 is 5.91 Å². The van der Waals surface area contributed by atoms with E-state index in [1.54, 1.807) is 6.07 Å². The predicted molar refractivity (Wildman–Crippen MR) is 137 cm³/mol. The van der Waals surface area contributed by atoms with Gasteiger partial charge in [-0.1, -0.05) is 42.6 Å². The van der Waals surface area contributed by atoms with E-state index >= 15 is 0 Å². The molecule has 0 saturated carbocycles. The molecule has 2 amide bonds. The summed E-state index contributed by atoms with van der Waals surface area (Å²) >= 11 is 9.02. The summed E-state index contributed by atoms with van der Waals surface area (Å²) < 4.78 is 0.660. The van der Waals surface area contributed by atoms with Gasteiger partial charge in [0.25, 0.3) is 11.8 Å². The first-order chi connectivity index (χ1) is 16.0. The molecule has 0 fully saturated rings. The molecule has 4 aromatic rings. The van der Waals surface area contributed by atoms with E-state index in [9.17, 15) is 9.59 Å². The standard InChI is InChI=1S/C25H22ClN3O2S2/c26-21-12-11-20(32-21)18-13-16(14-7-5-6-9-17(14)28-18)24(31)29-25-22(23(27)30)15-8-3-1-2-4-10-19(15)33-25/h5-7,9,11-13H,1-4,8,10H2,(H2,27,30)(H,29,31). The van der Waals surface area contributed by atoms with Gasteiger partial charge in [0, 0.05) is 10.3 Å². The van der Waals surface area contributed by atoms with Crippen LogP contribution in [0.25, 0.3) is 21.5 Å². The summed E-state index contributed by atoms with van der Waals surface area (Å²) in [6, 6.07) is 13.0. The third kappa shape index (κ3) is 4.40. The van der Waals surface area contributed by atoms with Gasteiger partial charge in [-0.05, 0) is 55.5 Å². The number of halogens is 1. The van der Waals surface area contributed by atoms with Gasteiger partial charge >= 0.3 is 0 Å². The zero-order valence-corrected chi connectivity index (χ0v) is 20.2. The summed E-state index contributed by atoms with van der Waals surface area (Å²) in [7, 11) is 0. The van der Waals surface area contributed by atoms with E-state index in [1.165, 1.54) is 29.1 Å². The number of carbonyl (C=O) groups is 2. The number of nitrogens with two attached hydrogens (primary N) is 1. The van der Waals surface area contributed by atoms with Crippen LogP contribution in [0.1, 0.15) is 56.8 Å². The van der Waals surface area contributed by atoms with Crippen molar-refractivity contribution in [2.45, 2.75) is 38.5 Å². The molecule has 1 aromatic carbocycles. The van der Waals surface area contributed by atoms with E-state index in [4.69, 9.17) is 22.3 Å². The highest BCUT2D eigenvalue weighted by Crippen LogP contribution is 2.38. The maximum Gasteiger partial charge on any atom is 0.257 e. The van der Waals surface area contributed by atoms with Crippen LogP contribution >= 0.6 is 34.3 Å². The molecular formula is C25H22ClN3O2S2. The Morgan fingerprint density at radius 1 is 1.00 bits per heavy atom. The van der Waals surface area contributed by atoms with Gasteiger partial charge in [-0.15, -0.1) is 22.7 Å². The van der Waals surface area contributed by atoms with Gasteiger partial charge in [-0.3, -0.25) is 9.59 Å². The van der Waals surface area contributed by atoms with Crippen LogP contribution in [0.4, 0.5) is 5.00 Å². The first kappa shape index (κ1) is 22.1. The second-order valence-electron chi connectivity index (χ2n) is 8.12. The molecule has 0 spiro atoms. The van der Waals surface area contributed by atoms with E-state index in [0.29, 0.717) is 26.2 Å². The average molecular weight is 496 g/mol. The molecule has 0 aliphatic heterocycles. The van der Waals surface area contributed by atoms with Crippen molar-refractivity contribution in [1.82, 2.24) is 4.98 Å². The number of rotatable bonds is 4.